The van der Waals surface area contributed by atoms with Crippen LogP contribution in [0.5, 0.6) is 5.75 Å². The van der Waals surface area contributed by atoms with E-state index in [9.17, 15) is 19.2 Å². The van der Waals surface area contributed by atoms with Gasteiger partial charge in [-0.15, -0.1) is 0 Å². The summed E-state index contributed by atoms with van der Waals surface area (Å²) in [5.41, 5.74) is 1.82. The lowest BCUT2D eigenvalue weighted by atomic mass is 9.96. The Kier molecular flexibility index (Phi) is 14.6. The van der Waals surface area contributed by atoms with Crippen LogP contribution in [-0.2, 0) is 43.5 Å². The highest BCUT2D eigenvalue weighted by Gasteiger charge is 2.51. The second-order valence-corrected chi connectivity index (χ2v) is 12.2. The number of carbonyl (C=O) groups excluding carboxylic acids is 4. The molecule has 3 amide bonds. The van der Waals surface area contributed by atoms with E-state index in [0.717, 1.165) is 5.56 Å². The molecule has 3 N–H and O–H groups in total. The number of halogens is 2. The van der Waals surface area contributed by atoms with Crippen LogP contribution >= 0.6 is 0 Å². The first-order chi connectivity index (χ1) is 23.3. The zero-order valence-corrected chi connectivity index (χ0v) is 28.3. The summed E-state index contributed by atoms with van der Waals surface area (Å²) in [5.74, 6) is -9.37. The molecule has 0 aliphatic rings. The number of benzene rings is 2. The first-order valence-electron chi connectivity index (χ1n) is 15.9. The maximum Gasteiger partial charge on any atom is 0.408 e. The highest BCUT2D eigenvalue weighted by molar-refractivity contribution is 6.10. The number of hydrogen-bond donors (Lipinski definition) is 3. The molecule has 1 heterocycles. The molecule has 264 valence electrons. The highest BCUT2D eigenvalue weighted by atomic mass is 19.3. The molecular formula is C36H44F2N4O7. The van der Waals surface area contributed by atoms with E-state index in [2.05, 4.69) is 20.9 Å². The third-order valence-corrected chi connectivity index (χ3v) is 7.61. The van der Waals surface area contributed by atoms with Gasteiger partial charge in [0.2, 0.25) is 11.7 Å². The van der Waals surface area contributed by atoms with Gasteiger partial charge in [-0.2, -0.15) is 8.78 Å². The second-order valence-electron chi connectivity index (χ2n) is 12.2. The molecule has 11 nitrogen and oxygen atoms in total. The Morgan fingerprint density at radius 1 is 0.796 bits per heavy atom. The number of ether oxygens (including phenoxy) is 3. The number of aromatic nitrogens is 1. The van der Waals surface area contributed by atoms with Crippen LogP contribution in [0.1, 0.15) is 44.5 Å². The van der Waals surface area contributed by atoms with Crippen molar-refractivity contribution in [2.45, 2.75) is 71.4 Å². The van der Waals surface area contributed by atoms with Crippen LogP contribution in [0.15, 0.2) is 79.0 Å². The van der Waals surface area contributed by atoms with E-state index >= 15 is 8.78 Å². The fraction of sp³-hybridized carbons (Fsp3) is 0.417. The van der Waals surface area contributed by atoms with Gasteiger partial charge in [0.15, 0.2) is 0 Å². The van der Waals surface area contributed by atoms with Crippen molar-refractivity contribution in [3.63, 3.8) is 0 Å². The Balaban J connectivity index is 1.80. The molecule has 2 aromatic carbocycles. The smallest absolute Gasteiger partial charge is 0.408 e. The number of carbonyl (C=O) groups is 4. The largest absolute Gasteiger partial charge is 0.489 e. The predicted octanol–water partition coefficient (Wildman–Crippen LogP) is 4.63. The van der Waals surface area contributed by atoms with Crippen LogP contribution in [0.25, 0.3) is 0 Å². The molecule has 0 saturated heterocycles. The third-order valence-electron chi connectivity index (χ3n) is 7.61. The lowest BCUT2D eigenvalue weighted by Gasteiger charge is -2.28. The zero-order valence-electron chi connectivity index (χ0n) is 28.3. The quantitative estimate of drug-likeness (QED) is 0.165. The molecule has 0 saturated carbocycles. The fourth-order valence-corrected chi connectivity index (χ4v) is 4.67. The lowest BCUT2D eigenvalue weighted by Crippen LogP contribution is -2.60. The van der Waals surface area contributed by atoms with Gasteiger partial charge < -0.3 is 30.2 Å². The molecule has 0 fully saturated rings. The van der Waals surface area contributed by atoms with Crippen LogP contribution < -0.4 is 20.7 Å². The van der Waals surface area contributed by atoms with Gasteiger partial charge in [-0.1, -0.05) is 76.2 Å². The topological polar surface area (TPSA) is 145 Å². The van der Waals surface area contributed by atoms with Gasteiger partial charge in [0.05, 0.1) is 24.4 Å². The van der Waals surface area contributed by atoms with Crippen LogP contribution in [0, 0.1) is 11.8 Å². The first-order valence-corrected chi connectivity index (χ1v) is 15.9. The van der Waals surface area contributed by atoms with Crippen molar-refractivity contribution in [1.82, 2.24) is 20.9 Å². The van der Waals surface area contributed by atoms with E-state index < -0.39 is 53.7 Å². The summed E-state index contributed by atoms with van der Waals surface area (Å²) in [4.78, 5) is 56.4. The number of alkyl halides is 2. The maximum absolute atomic E-state index is 15.6. The van der Waals surface area contributed by atoms with E-state index in [1.54, 1.807) is 70.2 Å². The molecule has 13 heteroatoms. The van der Waals surface area contributed by atoms with Crippen molar-refractivity contribution in [2.75, 3.05) is 13.7 Å². The maximum atomic E-state index is 15.6. The molecule has 0 bridgehead atoms. The van der Waals surface area contributed by atoms with Crippen LogP contribution in [0.4, 0.5) is 13.6 Å². The van der Waals surface area contributed by atoms with Gasteiger partial charge in [0.1, 0.15) is 25.0 Å². The monoisotopic (exact) mass is 682 g/mol. The molecule has 0 aliphatic heterocycles. The summed E-state index contributed by atoms with van der Waals surface area (Å²) in [6, 6.07) is 17.0. The minimum absolute atomic E-state index is 0.0509. The van der Waals surface area contributed by atoms with Crippen molar-refractivity contribution in [3.8, 4) is 5.75 Å². The number of alkyl carbamates (subject to hydrolysis) is 1. The SMILES string of the molecule is COC[C@H](NC(=O)C(F)(F)C(=O)C(Cc1ccc(OCc2ccccc2)cc1)NC(=O)[C@@H](NC(=O)OCc1ccccn1)C(C)C)C(C)C. The third kappa shape index (κ3) is 11.9. The van der Waals surface area contributed by atoms with Gasteiger partial charge in [-0.3, -0.25) is 19.4 Å². The number of hydrogen-bond acceptors (Lipinski definition) is 8. The van der Waals surface area contributed by atoms with E-state index in [4.69, 9.17) is 14.2 Å². The first kappa shape index (κ1) is 38.5. The summed E-state index contributed by atoms with van der Waals surface area (Å²) in [6.07, 6.45) is 0.198. The van der Waals surface area contributed by atoms with Gasteiger partial charge in [-0.25, -0.2) is 4.79 Å². The van der Waals surface area contributed by atoms with E-state index in [1.807, 2.05) is 30.3 Å². The van der Waals surface area contributed by atoms with E-state index in [1.165, 1.54) is 13.3 Å². The summed E-state index contributed by atoms with van der Waals surface area (Å²) in [6.45, 7) is 6.74. The van der Waals surface area contributed by atoms with Crippen LogP contribution in [0.2, 0.25) is 0 Å². The normalized spacial score (nSPS) is 13.2. The Bertz CT molecular complexity index is 1510. The molecule has 1 unspecified atom stereocenters. The summed E-state index contributed by atoms with van der Waals surface area (Å²) < 4.78 is 47.1. The van der Waals surface area contributed by atoms with Gasteiger partial charge in [0.25, 0.3) is 5.91 Å². The molecule has 3 aromatic rings. The summed E-state index contributed by atoms with van der Waals surface area (Å²) in [5, 5.41) is 6.99. The molecular weight excluding hydrogens is 638 g/mol. The molecule has 3 atom stereocenters. The molecule has 3 rings (SSSR count). The summed E-state index contributed by atoms with van der Waals surface area (Å²) in [7, 11) is 1.36. The Hall–Kier alpha value is -4.91. The summed E-state index contributed by atoms with van der Waals surface area (Å²) >= 11 is 0. The van der Waals surface area contributed by atoms with Gasteiger partial charge in [0, 0.05) is 19.7 Å². The van der Waals surface area contributed by atoms with Crippen molar-refractivity contribution >= 4 is 23.7 Å². The van der Waals surface area contributed by atoms with Gasteiger partial charge >= 0.3 is 12.0 Å². The van der Waals surface area contributed by atoms with Crippen molar-refractivity contribution in [1.29, 1.82) is 0 Å². The highest BCUT2D eigenvalue weighted by Crippen LogP contribution is 2.22. The Morgan fingerprint density at radius 2 is 1.47 bits per heavy atom. The minimum Gasteiger partial charge on any atom is -0.489 e. The second kappa shape index (κ2) is 18.6. The minimum atomic E-state index is -4.51. The zero-order chi connectivity index (χ0) is 36.0. The number of nitrogens with zero attached hydrogens (tertiary/aromatic N) is 1. The molecule has 1 aromatic heterocycles. The predicted molar refractivity (Wildman–Crippen MR) is 178 cm³/mol. The number of rotatable bonds is 18. The van der Waals surface area contributed by atoms with Crippen molar-refractivity contribution in [3.05, 3.63) is 95.8 Å². The number of amides is 3. The average molecular weight is 683 g/mol. The molecule has 0 radical (unpaired) electrons. The average Bonchev–Trinajstić information content (AvgIpc) is 3.09. The Morgan fingerprint density at radius 3 is 2.06 bits per heavy atom. The molecule has 0 aliphatic carbocycles. The van der Waals surface area contributed by atoms with Crippen molar-refractivity contribution < 1.29 is 42.2 Å². The van der Waals surface area contributed by atoms with E-state index in [0.29, 0.717) is 23.6 Å². The molecule has 0 spiro atoms. The van der Waals surface area contributed by atoms with Crippen LogP contribution in [-0.4, -0.2) is 66.4 Å². The standard InChI is InChI=1S/C36H44F2N4O7/c1-23(2)30(22-47-5)41-34(45)36(37,38)32(43)29(19-25-14-16-28(17-15-25)48-20-26-11-7-6-8-12-26)40-33(44)31(24(3)4)42-35(46)49-21-27-13-9-10-18-39-27/h6-18,23-24,29-31H,19-22H2,1-5H3,(H,40,44)(H,41,45)(H,42,46)/t29?,30-,31-/m0/s1. The molecule has 49 heavy (non-hydrogen) atoms. The van der Waals surface area contributed by atoms with Crippen LogP contribution in [0.3, 0.4) is 0 Å². The number of nitrogens with one attached hydrogen (secondary N) is 3. The van der Waals surface area contributed by atoms with Gasteiger partial charge in [-0.05, 0) is 47.2 Å². The Labute approximate surface area is 285 Å². The number of pyridine rings is 1. The number of methoxy groups -OCH3 is 1. The lowest BCUT2D eigenvalue weighted by molar-refractivity contribution is -0.161. The van der Waals surface area contributed by atoms with Crippen molar-refractivity contribution in [2.24, 2.45) is 11.8 Å². The number of Topliss-reactive ketones (excluding diaryl/α,β-unsaturated/α-hetero) is 1. The fourth-order valence-electron chi connectivity index (χ4n) is 4.67. The van der Waals surface area contributed by atoms with E-state index in [-0.39, 0.29) is 25.6 Å². The number of ketones is 1.